The minimum absolute atomic E-state index is 0.204. The minimum atomic E-state index is -0.372. The summed E-state index contributed by atoms with van der Waals surface area (Å²) in [5.74, 6) is -0.576. The lowest BCUT2D eigenvalue weighted by atomic mass is 10.1. The van der Waals surface area contributed by atoms with E-state index in [1.165, 1.54) is 30.3 Å². The second-order valence-corrected chi connectivity index (χ2v) is 6.16. The SMILES string of the molecule is O=C(/C=C/c1cn(-c2ccccc2)nc1-c1cccnc1)c1ccc(F)cc1. The van der Waals surface area contributed by atoms with Crippen LogP contribution >= 0.6 is 0 Å². The summed E-state index contributed by atoms with van der Waals surface area (Å²) >= 11 is 0. The number of halogens is 1. The smallest absolute Gasteiger partial charge is 0.185 e. The van der Waals surface area contributed by atoms with Crippen LogP contribution in [0.15, 0.2) is 91.4 Å². The molecule has 4 nitrogen and oxygen atoms in total. The molecule has 2 aromatic heterocycles. The van der Waals surface area contributed by atoms with Crippen LogP contribution in [0.25, 0.3) is 23.0 Å². The number of para-hydroxylation sites is 1. The van der Waals surface area contributed by atoms with Gasteiger partial charge < -0.3 is 0 Å². The Kier molecular flexibility index (Phi) is 4.89. The highest BCUT2D eigenvalue weighted by atomic mass is 19.1. The van der Waals surface area contributed by atoms with Crippen LogP contribution in [-0.4, -0.2) is 20.5 Å². The van der Waals surface area contributed by atoms with Gasteiger partial charge in [-0.15, -0.1) is 0 Å². The first-order valence-corrected chi connectivity index (χ1v) is 8.74. The molecule has 28 heavy (non-hydrogen) atoms. The molecule has 0 saturated carbocycles. The first-order chi connectivity index (χ1) is 13.7. The molecule has 0 radical (unpaired) electrons. The maximum atomic E-state index is 13.1. The number of pyridine rings is 1. The fraction of sp³-hybridized carbons (Fsp3) is 0. The Bertz CT molecular complexity index is 1120. The van der Waals surface area contributed by atoms with Gasteiger partial charge in [-0.25, -0.2) is 9.07 Å². The summed E-state index contributed by atoms with van der Waals surface area (Å²) in [7, 11) is 0. The average Bonchev–Trinajstić information content (AvgIpc) is 3.18. The molecule has 0 unspecified atom stereocenters. The Morgan fingerprint density at radius 2 is 1.75 bits per heavy atom. The van der Waals surface area contributed by atoms with Crippen molar-refractivity contribution in [3.63, 3.8) is 0 Å². The number of benzene rings is 2. The molecule has 136 valence electrons. The van der Waals surface area contributed by atoms with E-state index in [0.29, 0.717) is 5.56 Å². The van der Waals surface area contributed by atoms with Gasteiger partial charge >= 0.3 is 0 Å². The van der Waals surface area contributed by atoms with E-state index in [1.54, 1.807) is 23.2 Å². The first-order valence-electron chi connectivity index (χ1n) is 8.74. The number of allylic oxidation sites excluding steroid dienone is 1. The number of hydrogen-bond acceptors (Lipinski definition) is 3. The van der Waals surface area contributed by atoms with E-state index in [0.717, 1.165) is 22.5 Å². The highest BCUT2D eigenvalue weighted by molar-refractivity contribution is 6.07. The van der Waals surface area contributed by atoms with Crippen LogP contribution in [0.4, 0.5) is 4.39 Å². The fourth-order valence-corrected chi connectivity index (χ4v) is 2.83. The number of rotatable bonds is 5. The third-order valence-electron chi connectivity index (χ3n) is 4.24. The van der Waals surface area contributed by atoms with E-state index >= 15 is 0 Å². The molecule has 2 heterocycles. The van der Waals surface area contributed by atoms with E-state index < -0.39 is 0 Å². The predicted molar refractivity (Wildman–Crippen MR) is 107 cm³/mol. The molecule has 0 fully saturated rings. The molecule has 4 aromatic rings. The van der Waals surface area contributed by atoms with Gasteiger partial charge in [-0.1, -0.05) is 18.2 Å². The van der Waals surface area contributed by atoms with Crippen LogP contribution in [0.5, 0.6) is 0 Å². The van der Waals surface area contributed by atoms with Gasteiger partial charge in [-0.2, -0.15) is 5.10 Å². The number of carbonyl (C=O) groups is 1. The molecular weight excluding hydrogens is 353 g/mol. The van der Waals surface area contributed by atoms with Crippen LogP contribution in [0.2, 0.25) is 0 Å². The zero-order chi connectivity index (χ0) is 19.3. The van der Waals surface area contributed by atoms with Crippen molar-refractivity contribution < 1.29 is 9.18 Å². The zero-order valence-electron chi connectivity index (χ0n) is 14.9. The molecule has 0 N–H and O–H groups in total. The van der Waals surface area contributed by atoms with E-state index in [9.17, 15) is 9.18 Å². The standard InChI is InChI=1S/C23H16FN3O/c24-20-11-8-17(9-12-20)22(28)13-10-19-16-27(21-6-2-1-3-7-21)26-23(19)18-5-4-14-25-15-18/h1-16H/b13-10+. The molecule has 5 heteroatoms. The van der Waals surface area contributed by atoms with E-state index in [2.05, 4.69) is 10.1 Å². The van der Waals surface area contributed by atoms with Crippen LogP contribution in [0.3, 0.4) is 0 Å². The molecule has 0 aliphatic carbocycles. The average molecular weight is 369 g/mol. The molecule has 2 aromatic carbocycles. The molecule has 0 bridgehead atoms. The minimum Gasteiger partial charge on any atom is -0.289 e. The second kappa shape index (κ2) is 7.80. The van der Waals surface area contributed by atoms with Gasteiger partial charge in [0.25, 0.3) is 0 Å². The normalized spacial score (nSPS) is 11.0. The molecule has 0 atom stereocenters. The molecule has 0 spiro atoms. The van der Waals surface area contributed by atoms with Crippen molar-refractivity contribution in [1.82, 2.24) is 14.8 Å². The molecule has 0 saturated heterocycles. The summed E-state index contributed by atoms with van der Waals surface area (Å²) < 4.78 is 14.8. The summed E-state index contributed by atoms with van der Waals surface area (Å²) in [5, 5.41) is 4.68. The van der Waals surface area contributed by atoms with Crippen LogP contribution in [0, 0.1) is 5.82 Å². The lowest BCUT2D eigenvalue weighted by Crippen LogP contribution is -1.94. The van der Waals surface area contributed by atoms with E-state index in [-0.39, 0.29) is 11.6 Å². The van der Waals surface area contributed by atoms with Crippen LogP contribution in [0.1, 0.15) is 15.9 Å². The van der Waals surface area contributed by atoms with E-state index in [1.807, 2.05) is 48.7 Å². The van der Waals surface area contributed by atoms with Crippen molar-refractivity contribution in [2.75, 3.05) is 0 Å². The largest absolute Gasteiger partial charge is 0.289 e. The zero-order valence-corrected chi connectivity index (χ0v) is 14.9. The maximum Gasteiger partial charge on any atom is 0.185 e. The summed E-state index contributed by atoms with van der Waals surface area (Å²) in [6, 6.07) is 19.0. The number of hydrogen-bond donors (Lipinski definition) is 0. The molecule has 0 amide bonds. The summed E-state index contributed by atoms with van der Waals surface area (Å²) in [5.41, 5.74) is 3.70. The van der Waals surface area contributed by atoms with E-state index in [4.69, 9.17) is 0 Å². The van der Waals surface area contributed by atoms with Gasteiger partial charge in [-0.05, 0) is 60.7 Å². The number of nitrogens with zero attached hydrogens (tertiary/aromatic N) is 3. The third-order valence-corrected chi connectivity index (χ3v) is 4.24. The Labute approximate surface area is 161 Å². The van der Waals surface area contributed by atoms with Crippen molar-refractivity contribution in [1.29, 1.82) is 0 Å². The quantitative estimate of drug-likeness (QED) is 0.369. The number of carbonyl (C=O) groups excluding carboxylic acids is 1. The number of aromatic nitrogens is 3. The van der Waals surface area contributed by atoms with Crippen molar-refractivity contribution in [2.45, 2.75) is 0 Å². The van der Waals surface area contributed by atoms with Gasteiger partial charge in [0.05, 0.1) is 5.69 Å². The van der Waals surface area contributed by atoms with Crippen molar-refractivity contribution >= 4 is 11.9 Å². The Balaban J connectivity index is 1.71. The lowest BCUT2D eigenvalue weighted by Gasteiger charge is -2.00. The Morgan fingerprint density at radius 1 is 0.964 bits per heavy atom. The maximum absolute atomic E-state index is 13.1. The highest BCUT2D eigenvalue weighted by Crippen LogP contribution is 2.24. The van der Waals surface area contributed by atoms with Gasteiger partial charge in [0.15, 0.2) is 5.78 Å². The Morgan fingerprint density at radius 3 is 2.46 bits per heavy atom. The molecular formula is C23H16FN3O. The monoisotopic (exact) mass is 369 g/mol. The van der Waals surface area contributed by atoms with Gasteiger partial charge in [-0.3, -0.25) is 9.78 Å². The van der Waals surface area contributed by atoms with Crippen molar-refractivity contribution in [3.8, 4) is 16.9 Å². The molecule has 0 aliphatic rings. The lowest BCUT2D eigenvalue weighted by molar-refractivity contribution is 0.104. The summed E-state index contributed by atoms with van der Waals surface area (Å²) in [6.45, 7) is 0. The fourth-order valence-electron chi connectivity index (χ4n) is 2.83. The number of ketones is 1. The molecule has 0 aliphatic heterocycles. The van der Waals surface area contributed by atoms with Crippen molar-refractivity contribution in [3.05, 3.63) is 108 Å². The van der Waals surface area contributed by atoms with Crippen LogP contribution < -0.4 is 0 Å². The predicted octanol–water partition coefficient (Wildman–Crippen LogP) is 4.97. The van der Waals surface area contributed by atoms with Gasteiger partial charge in [0.2, 0.25) is 0 Å². The summed E-state index contributed by atoms with van der Waals surface area (Å²) in [4.78, 5) is 16.6. The van der Waals surface area contributed by atoms with Gasteiger partial charge in [0, 0.05) is 35.3 Å². The highest BCUT2D eigenvalue weighted by Gasteiger charge is 2.11. The molecule has 4 rings (SSSR count). The third kappa shape index (κ3) is 3.78. The van der Waals surface area contributed by atoms with Crippen molar-refractivity contribution in [2.24, 2.45) is 0 Å². The Hall–Kier alpha value is -3.86. The second-order valence-electron chi connectivity index (χ2n) is 6.16. The van der Waals surface area contributed by atoms with Gasteiger partial charge in [0.1, 0.15) is 11.5 Å². The topological polar surface area (TPSA) is 47.8 Å². The van der Waals surface area contributed by atoms with Crippen LogP contribution in [-0.2, 0) is 0 Å². The first kappa shape index (κ1) is 17.5. The summed E-state index contributed by atoms with van der Waals surface area (Å²) in [6.07, 6.45) is 8.49.